The van der Waals surface area contributed by atoms with Crippen molar-refractivity contribution in [3.63, 3.8) is 0 Å². The summed E-state index contributed by atoms with van der Waals surface area (Å²) in [4.78, 5) is 12.3. The van der Waals surface area contributed by atoms with E-state index >= 15 is 0 Å². The third kappa shape index (κ3) is 5.22. The largest absolute Gasteiger partial charge is 0.484 e. The van der Waals surface area contributed by atoms with Crippen molar-refractivity contribution in [2.24, 2.45) is 5.10 Å². The van der Waals surface area contributed by atoms with Crippen LogP contribution in [0.25, 0.3) is 0 Å². The quantitative estimate of drug-likeness (QED) is 0.837. The second-order valence-electron chi connectivity index (χ2n) is 6.14. The van der Waals surface area contributed by atoms with E-state index in [9.17, 15) is 18.0 Å². The molecule has 0 saturated heterocycles. The summed E-state index contributed by atoms with van der Waals surface area (Å²) < 4.78 is 41.0. The van der Waals surface area contributed by atoms with E-state index in [0.29, 0.717) is 11.3 Å². The molecule has 1 N–H and O–H groups in total. The molecule has 0 fully saturated rings. The van der Waals surface area contributed by atoms with Gasteiger partial charge >= 0.3 is 6.18 Å². The maximum atomic E-state index is 12.3. The van der Waals surface area contributed by atoms with Crippen molar-refractivity contribution in [1.82, 2.24) is 0 Å². The molecule has 2 aromatic rings. The van der Waals surface area contributed by atoms with E-state index in [-0.39, 0.29) is 11.7 Å². The van der Waals surface area contributed by atoms with Crippen LogP contribution in [-0.2, 0) is 0 Å². The Morgan fingerprint density at radius 2 is 1.81 bits per heavy atom. The van der Waals surface area contributed by atoms with Crippen LogP contribution in [0.2, 0.25) is 0 Å². The van der Waals surface area contributed by atoms with Gasteiger partial charge in [0.2, 0.25) is 0 Å². The van der Waals surface area contributed by atoms with Crippen molar-refractivity contribution in [2.75, 3.05) is 23.5 Å². The summed E-state index contributed by atoms with van der Waals surface area (Å²) in [5, 5.41) is 8.99. The van der Waals surface area contributed by atoms with E-state index in [4.69, 9.17) is 0 Å². The third-order valence-electron chi connectivity index (χ3n) is 3.92. The number of amides is 1. The Labute approximate surface area is 154 Å². The Bertz CT molecular complexity index is 831. The fraction of sp³-hybridized carbons (Fsp3) is 0.263. The van der Waals surface area contributed by atoms with Gasteiger partial charge in [0.15, 0.2) is 6.61 Å². The van der Waals surface area contributed by atoms with Crippen molar-refractivity contribution < 1.29 is 22.7 Å². The number of rotatable bonds is 5. The first-order valence-electron chi connectivity index (χ1n) is 8.33. The molecule has 0 radical (unpaired) electrons. The number of hydrogen-bond donors (Lipinski definition) is 1. The van der Waals surface area contributed by atoms with Gasteiger partial charge in [-0.1, -0.05) is 0 Å². The number of nitrogens with one attached hydrogen (secondary N) is 1. The lowest BCUT2D eigenvalue weighted by Gasteiger charge is -2.14. The second kappa shape index (κ2) is 7.69. The van der Waals surface area contributed by atoms with Gasteiger partial charge in [0.1, 0.15) is 5.75 Å². The summed E-state index contributed by atoms with van der Waals surface area (Å²) in [7, 11) is 0. The zero-order valence-corrected chi connectivity index (χ0v) is 14.6. The molecule has 0 spiro atoms. The van der Waals surface area contributed by atoms with E-state index in [1.165, 1.54) is 24.3 Å². The standard InChI is InChI=1S/C19H18F3N3O2/c1-13-10-11-25(24-13)16-6-2-14(3-7-16)18(26)23-15-4-8-17(9-5-15)27-12-19(20,21)22/h2-9H,10-12H2,1H3,(H,23,26). The van der Waals surface area contributed by atoms with E-state index < -0.39 is 12.8 Å². The number of nitrogens with zero attached hydrogens (tertiary/aromatic N) is 2. The van der Waals surface area contributed by atoms with Crippen LogP contribution in [0, 0.1) is 0 Å². The summed E-state index contributed by atoms with van der Waals surface area (Å²) in [6.07, 6.45) is -3.47. The van der Waals surface area contributed by atoms with Gasteiger partial charge in [0, 0.05) is 29.9 Å². The number of benzene rings is 2. The van der Waals surface area contributed by atoms with Crippen molar-refractivity contribution in [2.45, 2.75) is 19.5 Å². The fourth-order valence-corrected chi connectivity index (χ4v) is 2.55. The van der Waals surface area contributed by atoms with E-state index in [1.54, 1.807) is 12.1 Å². The van der Waals surface area contributed by atoms with Crippen molar-refractivity contribution >= 4 is 23.0 Å². The van der Waals surface area contributed by atoms with Gasteiger partial charge in [-0.05, 0) is 55.5 Å². The van der Waals surface area contributed by atoms with Crippen LogP contribution in [-0.4, -0.2) is 30.9 Å². The average molecular weight is 377 g/mol. The molecule has 3 rings (SSSR count). The van der Waals surface area contributed by atoms with Gasteiger partial charge in [-0.25, -0.2) is 0 Å². The second-order valence-corrected chi connectivity index (χ2v) is 6.14. The molecular formula is C19H18F3N3O2. The van der Waals surface area contributed by atoms with Gasteiger partial charge < -0.3 is 10.1 Å². The number of carbonyl (C=O) groups is 1. The number of alkyl halides is 3. The molecule has 5 nitrogen and oxygen atoms in total. The Morgan fingerprint density at radius 1 is 1.15 bits per heavy atom. The molecule has 1 amide bonds. The predicted octanol–water partition coefficient (Wildman–Crippen LogP) is 4.47. The van der Waals surface area contributed by atoms with E-state index in [2.05, 4.69) is 15.2 Å². The van der Waals surface area contributed by atoms with Crippen molar-refractivity contribution in [3.05, 3.63) is 54.1 Å². The molecule has 0 atom stereocenters. The maximum absolute atomic E-state index is 12.3. The van der Waals surface area contributed by atoms with Crippen LogP contribution in [0.5, 0.6) is 5.75 Å². The lowest BCUT2D eigenvalue weighted by atomic mass is 10.2. The minimum absolute atomic E-state index is 0.0798. The molecular weight excluding hydrogens is 359 g/mol. The smallest absolute Gasteiger partial charge is 0.422 e. The zero-order chi connectivity index (χ0) is 19.4. The minimum Gasteiger partial charge on any atom is -0.484 e. The highest BCUT2D eigenvalue weighted by molar-refractivity contribution is 6.04. The SMILES string of the molecule is CC1=NN(c2ccc(C(=O)Nc3ccc(OCC(F)(F)F)cc3)cc2)CC1. The number of anilines is 2. The van der Waals surface area contributed by atoms with E-state index in [0.717, 1.165) is 24.4 Å². The van der Waals surface area contributed by atoms with Gasteiger partial charge in [-0.3, -0.25) is 9.80 Å². The van der Waals surface area contributed by atoms with E-state index in [1.807, 2.05) is 24.1 Å². The molecule has 142 valence electrons. The van der Waals surface area contributed by atoms with Gasteiger partial charge in [0.25, 0.3) is 5.91 Å². The molecule has 2 aromatic carbocycles. The van der Waals surface area contributed by atoms with Gasteiger partial charge in [-0.2, -0.15) is 18.3 Å². The molecule has 0 aliphatic carbocycles. The van der Waals surface area contributed by atoms with Gasteiger partial charge in [-0.15, -0.1) is 0 Å². The molecule has 1 heterocycles. The van der Waals surface area contributed by atoms with Crippen LogP contribution in [0.15, 0.2) is 53.6 Å². The first kappa shape index (κ1) is 18.8. The zero-order valence-electron chi connectivity index (χ0n) is 14.6. The summed E-state index contributed by atoms with van der Waals surface area (Å²) >= 11 is 0. The Hall–Kier alpha value is -3.03. The Balaban J connectivity index is 1.58. The van der Waals surface area contributed by atoms with Crippen LogP contribution < -0.4 is 15.1 Å². The number of hydrazone groups is 1. The molecule has 0 saturated carbocycles. The topological polar surface area (TPSA) is 53.9 Å². The van der Waals surface area contributed by atoms with Crippen LogP contribution >= 0.6 is 0 Å². The number of hydrogen-bond acceptors (Lipinski definition) is 4. The molecule has 0 bridgehead atoms. The Kier molecular flexibility index (Phi) is 5.34. The molecule has 27 heavy (non-hydrogen) atoms. The molecule has 0 unspecified atom stereocenters. The maximum Gasteiger partial charge on any atom is 0.422 e. The van der Waals surface area contributed by atoms with Crippen LogP contribution in [0.4, 0.5) is 24.5 Å². The molecule has 0 aromatic heterocycles. The first-order chi connectivity index (χ1) is 12.8. The highest BCUT2D eigenvalue weighted by atomic mass is 19.4. The monoisotopic (exact) mass is 377 g/mol. The summed E-state index contributed by atoms with van der Waals surface area (Å²) in [6, 6.07) is 12.8. The number of halogens is 3. The van der Waals surface area contributed by atoms with Gasteiger partial charge in [0.05, 0.1) is 5.69 Å². The number of ether oxygens (including phenoxy) is 1. The fourth-order valence-electron chi connectivity index (χ4n) is 2.55. The minimum atomic E-state index is -4.39. The highest BCUT2D eigenvalue weighted by Gasteiger charge is 2.28. The lowest BCUT2D eigenvalue weighted by molar-refractivity contribution is -0.153. The van der Waals surface area contributed by atoms with Crippen molar-refractivity contribution in [1.29, 1.82) is 0 Å². The van der Waals surface area contributed by atoms with Crippen molar-refractivity contribution in [3.8, 4) is 5.75 Å². The van der Waals surface area contributed by atoms with Crippen LogP contribution in [0.1, 0.15) is 23.7 Å². The first-order valence-corrected chi connectivity index (χ1v) is 8.33. The average Bonchev–Trinajstić information content (AvgIpc) is 3.07. The Morgan fingerprint density at radius 3 is 2.37 bits per heavy atom. The lowest BCUT2D eigenvalue weighted by Crippen LogP contribution is -2.19. The highest BCUT2D eigenvalue weighted by Crippen LogP contribution is 2.22. The predicted molar refractivity (Wildman–Crippen MR) is 97.5 cm³/mol. The third-order valence-corrected chi connectivity index (χ3v) is 3.92. The normalized spacial score (nSPS) is 14.1. The number of carbonyl (C=O) groups excluding carboxylic acids is 1. The molecule has 1 aliphatic rings. The van der Waals surface area contributed by atoms with Crippen LogP contribution in [0.3, 0.4) is 0 Å². The molecule has 1 aliphatic heterocycles. The summed E-state index contributed by atoms with van der Waals surface area (Å²) in [5.41, 5.74) is 2.91. The summed E-state index contributed by atoms with van der Waals surface area (Å²) in [6.45, 7) is 1.44. The summed E-state index contributed by atoms with van der Waals surface area (Å²) in [5.74, 6) is -0.234. The molecule has 8 heteroatoms.